The number of rotatable bonds is 2. The predicted molar refractivity (Wildman–Crippen MR) is 81.4 cm³/mol. The van der Waals surface area contributed by atoms with Crippen LogP contribution in [0.2, 0.25) is 5.02 Å². The highest BCUT2D eigenvalue weighted by Gasteiger charge is 2.21. The van der Waals surface area contributed by atoms with E-state index < -0.39 is 0 Å². The van der Waals surface area contributed by atoms with E-state index in [-0.39, 0.29) is 24.4 Å². The van der Waals surface area contributed by atoms with Crippen LogP contribution in [0.4, 0.5) is 0 Å². The molecule has 1 aliphatic heterocycles. The summed E-state index contributed by atoms with van der Waals surface area (Å²) in [7, 11) is 0. The Morgan fingerprint density at radius 1 is 1.47 bits per heavy atom. The van der Waals surface area contributed by atoms with Crippen LogP contribution < -0.4 is 10.6 Å². The van der Waals surface area contributed by atoms with E-state index in [9.17, 15) is 4.79 Å². The molecule has 2 N–H and O–H groups in total. The average molecular weight is 303 g/mol. The van der Waals surface area contributed by atoms with E-state index in [1.165, 1.54) is 0 Å². The van der Waals surface area contributed by atoms with Crippen molar-refractivity contribution in [2.45, 2.75) is 38.8 Å². The molecule has 3 nitrogen and oxygen atoms in total. The molecule has 0 radical (unpaired) electrons. The van der Waals surface area contributed by atoms with E-state index >= 15 is 0 Å². The third-order valence-electron chi connectivity index (χ3n) is 3.33. The van der Waals surface area contributed by atoms with Gasteiger partial charge in [-0.3, -0.25) is 4.79 Å². The second-order valence-electron chi connectivity index (χ2n) is 5.03. The Morgan fingerprint density at radius 3 is 2.84 bits per heavy atom. The van der Waals surface area contributed by atoms with Crippen molar-refractivity contribution in [1.82, 2.24) is 10.6 Å². The zero-order valence-corrected chi connectivity index (χ0v) is 12.8. The summed E-state index contributed by atoms with van der Waals surface area (Å²) >= 11 is 6.10. The maximum Gasteiger partial charge on any atom is 0.253 e. The van der Waals surface area contributed by atoms with Crippen molar-refractivity contribution in [1.29, 1.82) is 0 Å². The number of hydrogen-bond acceptors (Lipinski definition) is 2. The molecule has 1 aromatic rings. The van der Waals surface area contributed by atoms with E-state index in [1.54, 1.807) is 6.07 Å². The second kappa shape index (κ2) is 7.13. The number of hydrogen-bond donors (Lipinski definition) is 2. The van der Waals surface area contributed by atoms with Gasteiger partial charge in [-0.05, 0) is 50.9 Å². The SMILES string of the molecule is Cc1ccc(C(=O)NC2CCNC(C)C2)c(Cl)c1.Cl. The van der Waals surface area contributed by atoms with Crippen LogP contribution >= 0.6 is 24.0 Å². The normalized spacial score (nSPS) is 22.5. The summed E-state index contributed by atoms with van der Waals surface area (Å²) in [6.45, 7) is 5.05. The summed E-state index contributed by atoms with van der Waals surface area (Å²) in [5, 5.41) is 6.95. The van der Waals surface area contributed by atoms with E-state index in [2.05, 4.69) is 17.6 Å². The van der Waals surface area contributed by atoms with Gasteiger partial charge in [0.25, 0.3) is 5.91 Å². The van der Waals surface area contributed by atoms with Gasteiger partial charge in [-0.15, -0.1) is 12.4 Å². The molecule has 0 aromatic heterocycles. The van der Waals surface area contributed by atoms with Gasteiger partial charge in [-0.25, -0.2) is 0 Å². The molecule has 1 aromatic carbocycles. The summed E-state index contributed by atoms with van der Waals surface area (Å²) in [5.74, 6) is -0.0703. The fourth-order valence-corrected chi connectivity index (χ4v) is 2.65. The molecular formula is C14H20Cl2N2O. The first kappa shape index (κ1) is 16.3. The average Bonchev–Trinajstić information content (AvgIpc) is 2.28. The lowest BCUT2D eigenvalue weighted by atomic mass is 10.00. The van der Waals surface area contributed by atoms with Crippen LogP contribution in [-0.4, -0.2) is 24.5 Å². The molecule has 1 amide bonds. The largest absolute Gasteiger partial charge is 0.349 e. The quantitative estimate of drug-likeness (QED) is 0.882. The molecule has 2 rings (SSSR count). The number of piperidine rings is 1. The van der Waals surface area contributed by atoms with Crippen LogP contribution in [0.1, 0.15) is 35.7 Å². The third kappa shape index (κ3) is 4.37. The van der Waals surface area contributed by atoms with Crippen molar-refractivity contribution in [3.8, 4) is 0 Å². The molecule has 0 aliphatic carbocycles. The highest BCUT2D eigenvalue weighted by molar-refractivity contribution is 6.33. The lowest BCUT2D eigenvalue weighted by molar-refractivity contribution is 0.0926. The molecule has 2 atom stereocenters. The summed E-state index contributed by atoms with van der Waals surface area (Å²) in [4.78, 5) is 12.1. The molecule has 1 fully saturated rings. The molecule has 1 heterocycles. The minimum atomic E-state index is -0.0703. The zero-order chi connectivity index (χ0) is 13.1. The van der Waals surface area contributed by atoms with Gasteiger partial charge in [-0.1, -0.05) is 17.7 Å². The van der Waals surface area contributed by atoms with Crippen LogP contribution in [-0.2, 0) is 0 Å². The van der Waals surface area contributed by atoms with Gasteiger partial charge in [-0.2, -0.15) is 0 Å². The van der Waals surface area contributed by atoms with Crippen LogP contribution in [0.3, 0.4) is 0 Å². The molecule has 5 heteroatoms. The summed E-state index contributed by atoms with van der Waals surface area (Å²) in [6, 6.07) is 6.22. The minimum Gasteiger partial charge on any atom is -0.349 e. The maximum absolute atomic E-state index is 12.1. The number of aryl methyl sites for hydroxylation is 1. The first-order valence-corrected chi connectivity index (χ1v) is 6.74. The van der Waals surface area contributed by atoms with Crippen molar-refractivity contribution >= 4 is 29.9 Å². The van der Waals surface area contributed by atoms with Gasteiger partial charge in [0.05, 0.1) is 10.6 Å². The molecule has 0 spiro atoms. The molecule has 1 saturated heterocycles. The monoisotopic (exact) mass is 302 g/mol. The maximum atomic E-state index is 12.1. The molecule has 0 saturated carbocycles. The van der Waals surface area contributed by atoms with Crippen molar-refractivity contribution in [3.05, 3.63) is 34.3 Å². The number of benzene rings is 1. The van der Waals surface area contributed by atoms with Gasteiger partial charge >= 0.3 is 0 Å². The van der Waals surface area contributed by atoms with E-state index in [4.69, 9.17) is 11.6 Å². The van der Waals surface area contributed by atoms with Gasteiger partial charge < -0.3 is 10.6 Å². The Hall–Kier alpha value is -0.770. The van der Waals surface area contributed by atoms with E-state index in [0.29, 0.717) is 16.6 Å². The van der Waals surface area contributed by atoms with Crippen LogP contribution in [0, 0.1) is 6.92 Å². The summed E-state index contributed by atoms with van der Waals surface area (Å²) in [6.07, 6.45) is 1.94. The van der Waals surface area contributed by atoms with Crippen molar-refractivity contribution in [3.63, 3.8) is 0 Å². The lowest BCUT2D eigenvalue weighted by Gasteiger charge is -2.28. The standard InChI is InChI=1S/C14H19ClN2O.ClH/c1-9-3-4-12(13(15)7-9)14(18)17-11-5-6-16-10(2)8-11;/h3-4,7,10-11,16H,5-6,8H2,1-2H3,(H,17,18);1H. The number of amides is 1. The highest BCUT2D eigenvalue weighted by atomic mass is 35.5. The van der Waals surface area contributed by atoms with Crippen molar-refractivity contribution < 1.29 is 4.79 Å². The summed E-state index contributed by atoms with van der Waals surface area (Å²) in [5.41, 5.74) is 1.63. The predicted octanol–water partition coefficient (Wildman–Crippen LogP) is 2.94. The topological polar surface area (TPSA) is 41.1 Å². The van der Waals surface area contributed by atoms with Crippen molar-refractivity contribution in [2.75, 3.05) is 6.54 Å². The Morgan fingerprint density at radius 2 is 2.21 bits per heavy atom. The Balaban J connectivity index is 0.00000180. The number of nitrogens with one attached hydrogen (secondary N) is 2. The molecule has 19 heavy (non-hydrogen) atoms. The highest BCUT2D eigenvalue weighted by Crippen LogP contribution is 2.18. The zero-order valence-electron chi connectivity index (χ0n) is 11.2. The fraction of sp³-hybridized carbons (Fsp3) is 0.500. The fourth-order valence-electron chi connectivity index (χ4n) is 2.33. The molecule has 106 valence electrons. The number of halogens is 2. The Labute approximate surface area is 125 Å². The van der Waals surface area contributed by atoms with E-state index in [0.717, 1.165) is 24.9 Å². The third-order valence-corrected chi connectivity index (χ3v) is 3.64. The van der Waals surface area contributed by atoms with Crippen LogP contribution in [0.5, 0.6) is 0 Å². The van der Waals surface area contributed by atoms with Crippen LogP contribution in [0.15, 0.2) is 18.2 Å². The molecule has 0 bridgehead atoms. The first-order chi connectivity index (χ1) is 8.56. The van der Waals surface area contributed by atoms with E-state index in [1.807, 2.05) is 19.1 Å². The lowest BCUT2D eigenvalue weighted by Crippen LogP contribution is -2.46. The number of carbonyl (C=O) groups excluding carboxylic acids is 1. The van der Waals surface area contributed by atoms with Gasteiger partial charge in [0.2, 0.25) is 0 Å². The van der Waals surface area contributed by atoms with Crippen LogP contribution in [0.25, 0.3) is 0 Å². The Kier molecular flexibility index (Phi) is 6.11. The molecule has 1 aliphatic rings. The van der Waals surface area contributed by atoms with Gasteiger partial charge in [0.1, 0.15) is 0 Å². The second-order valence-corrected chi connectivity index (χ2v) is 5.44. The molecular weight excluding hydrogens is 283 g/mol. The minimum absolute atomic E-state index is 0. The first-order valence-electron chi connectivity index (χ1n) is 6.36. The number of carbonyl (C=O) groups is 1. The Bertz CT molecular complexity index is 451. The van der Waals surface area contributed by atoms with Crippen molar-refractivity contribution in [2.24, 2.45) is 0 Å². The smallest absolute Gasteiger partial charge is 0.253 e. The van der Waals surface area contributed by atoms with Gasteiger partial charge in [0.15, 0.2) is 0 Å². The molecule has 2 unspecified atom stereocenters. The summed E-state index contributed by atoms with van der Waals surface area (Å²) < 4.78 is 0. The van der Waals surface area contributed by atoms with Gasteiger partial charge in [0, 0.05) is 12.1 Å².